The number of piperazine rings is 1. The molecular weight excluding hydrogens is 414 g/mol. The molecule has 0 bridgehead atoms. The number of hydrogen-bond donors (Lipinski definition) is 1. The van der Waals surface area contributed by atoms with E-state index in [1.807, 2.05) is 65.7 Å². The molecular formula is C26H31N5O2. The summed E-state index contributed by atoms with van der Waals surface area (Å²) >= 11 is 0. The van der Waals surface area contributed by atoms with Crippen LogP contribution >= 0.6 is 0 Å². The van der Waals surface area contributed by atoms with Gasteiger partial charge in [-0.1, -0.05) is 41.6 Å². The Bertz CT molecular complexity index is 1030. The lowest BCUT2D eigenvalue weighted by molar-refractivity contribution is -0.133. The van der Waals surface area contributed by atoms with Crippen LogP contribution in [0.5, 0.6) is 0 Å². The summed E-state index contributed by atoms with van der Waals surface area (Å²) in [6.07, 6.45) is 4.28. The molecule has 0 unspecified atom stereocenters. The van der Waals surface area contributed by atoms with Crippen LogP contribution in [0.2, 0.25) is 0 Å². The third kappa shape index (κ3) is 5.25. The number of piperidine rings is 1. The number of anilines is 1. The standard InChI is InChI=1S/C26H31N5O2/c32-26(31-14-12-30(13-15-31)25-8-4-5-10-28-25)17-21-9-11-27-19-22(21)16-23-18-24(33-29-23)20-6-2-1-3-7-20/h1-8,10,18,21-22,27H,9,11-17,19H2/t21-,22-/m0/s1. The van der Waals surface area contributed by atoms with Crippen molar-refractivity contribution < 1.29 is 9.32 Å². The lowest BCUT2D eigenvalue weighted by atomic mass is 9.81. The topological polar surface area (TPSA) is 74.5 Å². The fourth-order valence-corrected chi connectivity index (χ4v) is 4.98. The third-order valence-electron chi connectivity index (χ3n) is 6.90. The van der Waals surface area contributed by atoms with Gasteiger partial charge in [-0.05, 0) is 49.9 Å². The van der Waals surface area contributed by atoms with E-state index in [1.165, 1.54) is 0 Å². The molecule has 2 aromatic heterocycles. The number of nitrogens with one attached hydrogen (secondary N) is 1. The van der Waals surface area contributed by atoms with Gasteiger partial charge in [-0.3, -0.25) is 4.79 Å². The van der Waals surface area contributed by atoms with E-state index < -0.39 is 0 Å². The number of nitrogens with zero attached hydrogens (tertiary/aromatic N) is 4. The summed E-state index contributed by atoms with van der Waals surface area (Å²) in [6.45, 7) is 5.07. The Kier molecular flexibility index (Phi) is 6.67. The van der Waals surface area contributed by atoms with Crippen LogP contribution in [0, 0.1) is 11.8 Å². The first-order valence-corrected chi connectivity index (χ1v) is 11.9. The largest absolute Gasteiger partial charge is 0.356 e. The van der Waals surface area contributed by atoms with Crippen LogP contribution in [0.25, 0.3) is 11.3 Å². The second-order valence-electron chi connectivity index (χ2n) is 9.03. The molecule has 2 fully saturated rings. The number of carbonyl (C=O) groups excluding carboxylic acids is 1. The second-order valence-corrected chi connectivity index (χ2v) is 9.03. The Morgan fingerprint density at radius 3 is 2.64 bits per heavy atom. The minimum atomic E-state index is 0.276. The minimum Gasteiger partial charge on any atom is -0.356 e. The zero-order valence-electron chi connectivity index (χ0n) is 18.9. The first kappa shape index (κ1) is 21.6. The van der Waals surface area contributed by atoms with Crippen molar-refractivity contribution in [2.45, 2.75) is 19.3 Å². The van der Waals surface area contributed by atoms with E-state index in [4.69, 9.17) is 4.52 Å². The van der Waals surface area contributed by atoms with Crippen LogP contribution < -0.4 is 10.2 Å². The van der Waals surface area contributed by atoms with Crippen LogP contribution in [0.1, 0.15) is 18.5 Å². The van der Waals surface area contributed by atoms with E-state index >= 15 is 0 Å². The highest BCUT2D eigenvalue weighted by atomic mass is 16.5. The maximum atomic E-state index is 13.1. The highest BCUT2D eigenvalue weighted by molar-refractivity contribution is 5.76. The van der Waals surface area contributed by atoms with E-state index in [0.29, 0.717) is 18.3 Å². The fourth-order valence-electron chi connectivity index (χ4n) is 4.98. The molecule has 4 heterocycles. The van der Waals surface area contributed by atoms with E-state index in [9.17, 15) is 4.79 Å². The minimum absolute atomic E-state index is 0.276. The van der Waals surface area contributed by atoms with Gasteiger partial charge in [-0.2, -0.15) is 0 Å². The summed E-state index contributed by atoms with van der Waals surface area (Å²) in [4.78, 5) is 21.9. The number of pyridine rings is 1. The molecule has 0 saturated carbocycles. The zero-order chi connectivity index (χ0) is 22.5. The fraction of sp³-hybridized carbons (Fsp3) is 0.423. The average Bonchev–Trinajstić information content (AvgIpc) is 3.35. The molecule has 172 valence electrons. The van der Waals surface area contributed by atoms with Gasteiger partial charge < -0.3 is 19.6 Å². The third-order valence-corrected chi connectivity index (χ3v) is 6.90. The first-order valence-electron chi connectivity index (χ1n) is 11.9. The van der Waals surface area contributed by atoms with Crippen molar-refractivity contribution >= 4 is 11.7 Å². The van der Waals surface area contributed by atoms with Crippen molar-refractivity contribution in [1.82, 2.24) is 20.4 Å². The highest BCUT2D eigenvalue weighted by Crippen LogP contribution is 2.29. The van der Waals surface area contributed by atoms with Crippen molar-refractivity contribution in [3.63, 3.8) is 0 Å². The Hall–Kier alpha value is -3.19. The number of benzene rings is 1. The summed E-state index contributed by atoms with van der Waals surface area (Å²) in [5, 5.41) is 7.82. The number of aromatic nitrogens is 2. The van der Waals surface area contributed by atoms with E-state index in [-0.39, 0.29) is 5.91 Å². The van der Waals surface area contributed by atoms with Crippen LogP contribution in [0.4, 0.5) is 5.82 Å². The van der Waals surface area contributed by atoms with Gasteiger partial charge in [0.15, 0.2) is 5.76 Å². The maximum Gasteiger partial charge on any atom is 0.222 e. The van der Waals surface area contributed by atoms with E-state index in [2.05, 4.69) is 20.4 Å². The Balaban J connectivity index is 1.17. The monoisotopic (exact) mass is 445 g/mol. The van der Waals surface area contributed by atoms with Crippen molar-refractivity contribution in [2.24, 2.45) is 11.8 Å². The molecule has 2 aliphatic heterocycles. The maximum absolute atomic E-state index is 13.1. The average molecular weight is 446 g/mol. The summed E-state index contributed by atoms with van der Waals surface area (Å²) in [7, 11) is 0. The lowest BCUT2D eigenvalue weighted by Crippen LogP contribution is -2.50. The normalized spacial score (nSPS) is 21.2. The molecule has 7 nitrogen and oxygen atoms in total. The highest BCUT2D eigenvalue weighted by Gasteiger charge is 2.31. The molecule has 5 rings (SSSR count). The summed E-state index contributed by atoms with van der Waals surface area (Å²) in [6, 6.07) is 18.1. The van der Waals surface area contributed by atoms with Gasteiger partial charge >= 0.3 is 0 Å². The number of hydrogen-bond acceptors (Lipinski definition) is 6. The molecule has 2 aliphatic rings. The Morgan fingerprint density at radius 1 is 1.03 bits per heavy atom. The molecule has 33 heavy (non-hydrogen) atoms. The molecule has 1 aromatic carbocycles. The molecule has 7 heteroatoms. The van der Waals surface area contributed by atoms with Crippen LogP contribution in [-0.4, -0.2) is 60.2 Å². The van der Waals surface area contributed by atoms with E-state index in [0.717, 1.165) is 74.9 Å². The predicted octanol–water partition coefficient (Wildman–Crippen LogP) is 3.24. The number of carbonyl (C=O) groups is 1. The molecule has 3 aromatic rings. The van der Waals surface area contributed by atoms with Gasteiger partial charge in [-0.25, -0.2) is 4.98 Å². The predicted molar refractivity (Wildman–Crippen MR) is 128 cm³/mol. The van der Waals surface area contributed by atoms with Gasteiger partial charge in [0.2, 0.25) is 5.91 Å². The number of amides is 1. The van der Waals surface area contributed by atoms with Crippen LogP contribution in [0.3, 0.4) is 0 Å². The van der Waals surface area contributed by atoms with Gasteiger partial charge in [-0.15, -0.1) is 0 Å². The van der Waals surface area contributed by atoms with Crippen LogP contribution in [-0.2, 0) is 11.2 Å². The van der Waals surface area contributed by atoms with Crippen molar-refractivity contribution in [2.75, 3.05) is 44.2 Å². The molecule has 1 amide bonds. The second kappa shape index (κ2) is 10.2. The summed E-state index contributed by atoms with van der Waals surface area (Å²) in [5.41, 5.74) is 2.00. The van der Waals surface area contributed by atoms with Gasteiger partial charge in [0.05, 0.1) is 5.69 Å². The van der Waals surface area contributed by atoms with Crippen molar-refractivity contribution in [3.05, 3.63) is 66.5 Å². The Labute approximate surface area is 194 Å². The van der Waals surface area contributed by atoms with E-state index in [1.54, 1.807) is 0 Å². The molecule has 2 saturated heterocycles. The summed E-state index contributed by atoms with van der Waals surface area (Å²) < 4.78 is 5.59. The van der Waals surface area contributed by atoms with Gasteiger partial charge in [0, 0.05) is 50.4 Å². The smallest absolute Gasteiger partial charge is 0.222 e. The molecule has 1 N–H and O–H groups in total. The summed E-state index contributed by atoms with van der Waals surface area (Å²) in [5.74, 6) is 2.81. The van der Waals surface area contributed by atoms with Crippen molar-refractivity contribution in [1.29, 1.82) is 0 Å². The zero-order valence-corrected chi connectivity index (χ0v) is 18.9. The lowest BCUT2D eigenvalue weighted by Gasteiger charge is -2.37. The molecule has 0 spiro atoms. The first-order chi connectivity index (χ1) is 16.3. The molecule has 0 aliphatic carbocycles. The van der Waals surface area contributed by atoms with Crippen molar-refractivity contribution in [3.8, 4) is 11.3 Å². The van der Waals surface area contributed by atoms with Crippen LogP contribution in [0.15, 0.2) is 65.3 Å². The molecule has 0 radical (unpaired) electrons. The Morgan fingerprint density at radius 2 is 1.85 bits per heavy atom. The quantitative estimate of drug-likeness (QED) is 0.628. The molecule has 2 atom stereocenters. The SMILES string of the molecule is O=C(C[C@@H]1CCNC[C@@H]1Cc1cc(-c2ccccc2)on1)N1CCN(c2ccccn2)CC1. The van der Waals surface area contributed by atoms with Gasteiger partial charge in [0.25, 0.3) is 0 Å². The number of rotatable bonds is 6. The van der Waals surface area contributed by atoms with Gasteiger partial charge in [0.1, 0.15) is 5.82 Å².